The molecule has 2 saturated heterocycles. The van der Waals surface area contributed by atoms with Crippen molar-refractivity contribution in [2.45, 2.75) is 81.2 Å². The van der Waals surface area contributed by atoms with Crippen molar-refractivity contribution in [3.63, 3.8) is 0 Å². The second kappa shape index (κ2) is 20.2. The molecule has 0 aliphatic carbocycles. The van der Waals surface area contributed by atoms with Gasteiger partial charge in [-0.15, -0.1) is 0 Å². The first kappa shape index (κ1) is 39.1. The number of amides is 3. The standard InChI is InChI=1S/C26H48N4O15/c1-14(33)27-4-9-30(7-2-17(34)28-5-10-42-25-23(40)21(38)19(36)15(12-31)44-25)8-3-18(35)29-6-11-43-26-24(41)22(39)20(37)16(13-32)45-26/h15-16,19-26,31-32,36-41H,2-13H2,1H3,(H,27,33)(H,28,34)(H,29,35)/t15-,16-,19-,20-,21+,22+,23+,24+,25+,26+/m1/s1. The predicted molar refractivity (Wildman–Crippen MR) is 150 cm³/mol. The van der Waals surface area contributed by atoms with Crippen LogP contribution in [0, 0.1) is 0 Å². The third kappa shape index (κ3) is 12.9. The van der Waals surface area contributed by atoms with Gasteiger partial charge in [-0.05, 0) is 0 Å². The highest BCUT2D eigenvalue weighted by Gasteiger charge is 2.45. The van der Waals surface area contributed by atoms with Crippen LogP contribution in [-0.4, -0.2) is 191 Å². The van der Waals surface area contributed by atoms with Crippen LogP contribution >= 0.6 is 0 Å². The molecule has 0 aromatic carbocycles. The van der Waals surface area contributed by atoms with Crippen LogP contribution in [0.1, 0.15) is 19.8 Å². The van der Waals surface area contributed by atoms with Gasteiger partial charge in [-0.1, -0.05) is 0 Å². The summed E-state index contributed by atoms with van der Waals surface area (Å²) in [6.07, 6.45) is -14.0. The summed E-state index contributed by atoms with van der Waals surface area (Å²) in [7, 11) is 0. The summed E-state index contributed by atoms with van der Waals surface area (Å²) < 4.78 is 21.1. The largest absolute Gasteiger partial charge is 0.394 e. The molecule has 0 saturated carbocycles. The van der Waals surface area contributed by atoms with Gasteiger partial charge in [0.2, 0.25) is 17.7 Å². The Balaban J connectivity index is 1.69. The first-order valence-corrected chi connectivity index (χ1v) is 14.7. The molecule has 3 amide bonds. The molecule has 0 spiro atoms. The van der Waals surface area contributed by atoms with E-state index in [4.69, 9.17) is 18.9 Å². The predicted octanol–water partition coefficient (Wildman–Crippen LogP) is -6.93. The second-order valence-electron chi connectivity index (χ2n) is 10.7. The van der Waals surface area contributed by atoms with Gasteiger partial charge < -0.3 is 80.6 Å². The number of nitrogens with one attached hydrogen (secondary N) is 3. The molecule has 11 N–H and O–H groups in total. The molecule has 19 heteroatoms. The molecule has 0 unspecified atom stereocenters. The fraction of sp³-hybridized carbons (Fsp3) is 0.885. The van der Waals surface area contributed by atoms with Crippen LogP contribution in [-0.2, 0) is 33.3 Å². The monoisotopic (exact) mass is 656 g/mol. The lowest BCUT2D eigenvalue weighted by Gasteiger charge is -2.39. The van der Waals surface area contributed by atoms with Gasteiger partial charge in [0.05, 0.1) is 26.4 Å². The molecule has 45 heavy (non-hydrogen) atoms. The molecule has 2 aliphatic rings. The quantitative estimate of drug-likeness (QED) is 0.0576. The first-order valence-electron chi connectivity index (χ1n) is 14.7. The van der Waals surface area contributed by atoms with Gasteiger partial charge in [0, 0.05) is 59.0 Å². The summed E-state index contributed by atoms with van der Waals surface area (Å²) in [4.78, 5) is 37.8. The lowest BCUT2D eigenvalue weighted by molar-refractivity contribution is -0.300. The molecule has 19 nitrogen and oxygen atoms in total. The molecule has 262 valence electrons. The summed E-state index contributed by atoms with van der Waals surface area (Å²) in [6, 6.07) is 0. The van der Waals surface area contributed by atoms with Gasteiger partial charge in [0.25, 0.3) is 0 Å². The van der Waals surface area contributed by atoms with E-state index in [-0.39, 0.29) is 70.0 Å². The second-order valence-corrected chi connectivity index (χ2v) is 10.7. The van der Waals surface area contributed by atoms with E-state index in [1.807, 2.05) is 4.90 Å². The fourth-order valence-electron chi connectivity index (χ4n) is 4.56. The maximum atomic E-state index is 12.4. The van der Waals surface area contributed by atoms with Crippen molar-refractivity contribution in [1.29, 1.82) is 0 Å². The van der Waals surface area contributed by atoms with E-state index in [1.165, 1.54) is 6.92 Å². The Bertz CT molecular complexity index is 840. The Hall–Kier alpha value is -2.11. The highest BCUT2D eigenvalue weighted by Crippen LogP contribution is 2.22. The van der Waals surface area contributed by atoms with Crippen LogP contribution in [0.15, 0.2) is 0 Å². The lowest BCUT2D eigenvalue weighted by Crippen LogP contribution is -2.59. The maximum Gasteiger partial charge on any atom is 0.221 e. The highest BCUT2D eigenvalue weighted by atomic mass is 16.7. The Labute approximate surface area is 260 Å². The van der Waals surface area contributed by atoms with Crippen LogP contribution in [0.2, 0.25) is 0 Å². The van der Waals surface area contributed by atoms with E-state index < -0.39 is 74.6 Å². The average Bonchev–Trinajstić information content (AvgIpc) is 3.01. The minimum absolute atomic E-state index is 0.0351. The van der Waals surface area contributed by atoms with Crippen molar-refractivity contribution in [3.8, 4) is 0 Å². The zero-order valence-electron chi connectivity index (χ0n) is 25.1. The number of hydrogen-bond donors (Lipinski definition) is 11. The Morgan fingerprint density at radius 2 is 1.04 bits per heavy atom. The van der Waals surface area contributed by atoms with E-state index in [0.29, 0.717) is 13.1 Å². The van der Waals surface area contributed by atoms with E-state index in [0.717, 1.165) is 0 Å². The van der Waals surface area contributed by atoms with Crippen LogP contribution in [0.4, 0.5) is 0 Å². The van der Waals surface area contributed by atoms with Crippen LogP contribution in [0.5, 0.6) is 0 Å². The van der Waals surface area contributed by atoms with Gasteiger partial charge in [-0.3, -0.25) is 14.4 Å². The topological polar surface area (TPSA) is 289 Å². The number of rotatable bonds is 19. The molecular weight excluding hydrogens is 608 g/mol. The van der Waals surface area contributed by atoms with E-state index >= 15 is 0 Å². The number of aliphatic hydroxyl groups excluding tert-OH is 8. The smallest absolute Gasteiger partial charge is 0.221 e. The van der Waals surface area contributed by atoms with Crippen molar-refractivity contribution < 1.29 is 74.2 Å². The summed E-state index contributed by atoms with van der Waals surface area (Å²) in [5, 5.41) is 85.6. The fourth-order valence-corrected chi connectivity index (χ4v) is 4.56. The summed E-state index contributed by atoms with van der Waals surface area (Å²) in [5.74, 6) is -0.914. The van der Waals surface area contributed by atoms with Crippen molar-refractivity contribution >= 4 is 17.7 Å². The van der Waals surface area contributed by atoms with Crippen LogP contribution in [0.3, 0.4) is 0 Å². The minimum atomic E-state index is -1.58. The Kier molecular flexibility index (Phi) is 17.5. The third-order valence-corrected chi connectivity index (χ3v) is 7.22. The van der Waals surface area contributed by atoms with E-state index in [9.17, 15) is 55.2 Å². The van der Waals surface area contributed by atoms with E-state index in [2.05, 4.69) is 16.0 Å². The molecule has 2 rings (SSSR count). The number of ether oxygens (including phenoxy) is 4. The number of carbonyl (C=O) groups excluding carboxylic acids is 3. The first-order chi connectivity index (χ1) is 21.4. The van der Waals surface area contributed by atoms with Crippen molar-refractivity contribution in [3.05, 3.63) is 0 Å². The summed E-state index contributed by atoms with van der Waals surface area (Å²) in [6.45, 7) is 1.22. The molecule has 2 heterocycles. The molecule has 0 aromatic rings. The lowest BCUT2D eigenvalue weighted by atomic mass is 9.99. The van der Waals surface area contributed by atoms with Gasteiger partial charge in [0.15, 0.2) is 12.6 Å². The molecule has 2 aliphatic heterocycles. The van der Waals surface area contributed by atoms with Crippen LogP contribution in [0.25, 0.3) is 0 Å². The number of hydrogen-bond acceptors (Lipinski definition) is 16. The molecule has 0 radical (unpaired) electrons. The molecule has 10 atom stereocenters. The van der Waals surface area contributed by atoms with Gasteiger partial charge in [-0.2, -0.15) is 0 Å². The maximum absolute atomic E-state index is 12.4. The molecule has 2 fully saturated rings. The highest BCUT2D eigenvalue weighted by molar-refractivity contribution is 5.76. The SMILES string of the molecule is CC(=O)NCCN(CCC(=O)NCCO[C@H]1O[C@H](CO)[C@@H](O)[C@H](O)[C@@H]1O)CCC(=O)NCCO[C@H]1O[C@H](CO)[C@@H](O)[C@H](O)[C@@H]1O. The van der Waals surface area contributed by atoms with Gasteiger partial charge in [-0.25, -0.2) is 0 Å². The van der Waals surface area contributed by atoms with Crippen molar-refractivity contribution in [1.82, 2.24) is 20.9 Å². The Morgan fingerprint density at radius 3 is 1.42 bits per heavy atom. The number of carbonyl (C=O) groups is 3. The zero-order valence-corrected chi connectivity index (χ0v) is 25.1. The summed E-state index contributed by atoms with van der Waals surface area (Å²) in [5.41, 5.74) is 0. The summed E-state index contributed by atoms with van der Waals surface area (Å²) >= 11 is 0. The normalized spacial score (nSPS) is 31.9. The third-order valence-electron chi connectivity index (χ3n) is 7.22. The van der Waals surface area contributed by atoms with Gasteiger partial charge >= 0.3 is 0 Å². The molecule has 0 bridgehead atoms. The Morgan fingerprint density at radius 1 is 0.622 bits per heavy atom. The zero-order chi connectivity index (χ0) is 33.5. The van der Waals surface area contributed by atoms with Crippen molar-refractivity contribution in [2.24, 2.45) is 0 Å². The van der Waals surface area contributed by atoms with Gasteiger partial charge in [0.1, 0.15) is 48.8 Å². The van der Waals surface area contributed by atoms with E-state index in [1.54, 1.807) is 0 Å². The minimum Gasteiger partial charge on any atom is -0.394 e. The average molecular weight is 657 g/mol. The number of aliphatic hydroxyl groups is 8. The van der Waals surface area contributed by atoms with Crippen LogP contribution < -0.4 is 16.0 Å². The van der Waals surface area contributed by atoms with Crippen molar-refractivity contribution in [2.75, 3.05) is 65.7 Å². The number of nitrogens with zero attached hydrogens (tertiary/aromatic N) is 1. The molecule has 0 aromatic heterocycles. The molecular formula is C26H48N4O15.